The number of likely N-dealkylation sites (tertiary alicyclic amines) is 1. The first-order valence-electron chi connectivity index (χ1n) is 10.9. The zero-order valence-corrected chi connectivity index (χ0v) is 17.2. The Hall–Kier alpha value is -1.62. The van der Waals surface area contributed by atoms with Crippen LogP contribution in [-0.2, 0) is 17.8 Å². The normalized spacial score (nSPS) is 21.6. The Morgan fingerprint density at radius 3 is 2.64 bits per heavy atom. The largest absolute Gasteiger partial charge is 0.472 e. The summed E-state index contributed by atoms with van der Waals surface area (Å²) in [5.74, 6) is 0.779. The van der Waals surface area contributed by atoms with Crippen molar-refractivity contribution in [3.8, 4) is 0 Å². The molecule has 4 nitrogen and oxygen atoms in total. The van der Waals surface area contributed by atoms with Crippen LogP contribution in [0.5, 0.6) is 0 Å². The van der Waals surface area contributed by atoms with Crippen molar-refractivity contribution in [1.29, 1.82) is 0 Å². The minimum atomic E-state index is 0.410. The van der Waals surface area contributed by atoms with E-state index in [1.54, 1.807) is 6.26 Å². The molecule has 4 rings (SSSR count). The average Bonchev–Trinajstić information content (AvgIpc) is 3.39. The zero-order valence-electron chi connectivity index (χ0n) is 17.2. The molecule has 3 heterocycles. The smallest absolute Gasteiger partial charge is 0.0947 e. The molecule has 0 amide bonds. The monoisotopic (exact) mass is 382 g/mol. The second kappa shape index (κ2) is 9.73. The van der Waals surface area contributed by atoms with Gasteiger partial charge in [0.15, 0.2) is 0 Å². The topological polar surface area (TPSA) is 28.9 Å². The van der Waals surface area contributed by atoms with Gasteiger partial charge in [0.2, 0.25) is 0 Å². The highest BCUT2D eigenvalue weighted by atomic mass is 16.5. The molecule has 1 atom stereocenters. The number of aryl methyl sites for hydroxylation is 1. The van der Waals surface area contributed by atoms with Gasteiger partial charge in [0, 0.05) is 38.3 Å². The van der Waals surface area contributed by atoms with Crippen molar-refractivity contribution in [1.82, 2.24) is 9.80 Å². The molecule has 2 aliphatic rings. The van der Waals surface area contributed by atoms with Crippen molar-refractivity contribution in [3.63, 3.8) is 0 Å². The van der Waals surface area contributed by atoms with Gasteiger partial charge in [-0.1, -0.05) is 24.3 Å². The van der Waals surface area contributed by atoms with Gasteiger partial charge in [-0.15, -0.1) is 0 Å². The fraction of sp³-hybridized carbons (Fsp3) is 0.583. The van der Waals surface area contributed by atoms with Crippen LogP contribution < -0.4 is 0 Å². The summed E-state index contributed by atoms with van der Waals surface area (Å²) in [6.07, 6.45) is 9.07. The number of benzene rings is 1. The first-order valence-corrected chi connectivity index (χ1v) is 10.9. The number of hydrogen-bond donors (Lipinski definition) is 0. The zero-order chi connectivity index (χ0) is 19.2. The molecule has 0 bridgehead atoms. The summed E-state index contributed by atoms with van der Waals surface area (Å²) in [5.41, 5.74) is 4.16. The molecule has 1 unspecified atom stereocenters. The molecule has 152 valence electrons. The van der Waals surface area contributed by atoms with Gasteiger partial charge in [-0.25, -0.2) is 0 Å². The highest BCUT2D eigenvalue weighted by molar-refractivity contribution is 5.25. The first-order chi connectivity index (χ1) is 13.8. The molecule has 28 heavy (non-hydrogen) atoms. The first kappa shape index (κ1) is 19.7. The molecular formula is C24H34N2O2. The van der Waals surface area contributed by atoms with Gasteiger partial charge in [0.1, 0.15) is 0 Å². The Kier molecular flexibility index (Phi) is 6.84. The molecule has 1 aromatic heterocycles. The Bertz CT molecular complexity index is 701. The number of ether oxygens (including phenoxy) is 1. The van der Waals surface area contributed by atoms with E-state index in [4.69, 9.17) is 9.15 Å². The summed E-state index contributed by atoms with van der Waals surface area (Å²) in [6, 6.07) is 10.9. The minimum Gasteiger partial charge on any atom is -0.472 e. The summed E-state index contributed by atoms with van der Waals surface area (Å²) in [6.45, 7) is 9.85. The standard InChI is InChI=1S/C24H34N2O2/c1-20-5-2-3-6-23(20)17-25-11-8-21(9-12-25)15-26(16-22-10-14-27-19-22)18-24-7-4-13-28-24/h2-3,5-6,10,14,19,21,24H,4,7-9,11-13,15-18H2,1H3. The SMILES string of the molecule is Cc1ccccc1CN1CCC(CN(Cc2ccoc2)CC2CCCO2)CC1. The Morgan fingerprint density at radius 1 is 1.07 bits per heavy atom. The fourth-order valence-corrected chi connectivity index (χ4v) is 4.64. The van der Waals surface area contributed by atoms with Crippen molar-refractivity contribution in [2.24, 2.45) is 5.92 Å². The molecule has 0 radical (unpaired) electrons. The third kappa shape index (κ3) is 5.47. The van der Waals surface area contributed by atoms with Crippen molar-refractivity contribution < 1.29 is 9.15 Å². The lowest BCUT2D eigenvalue weighted by Gasteiger charge is -2.35. The quantitative estimate of drug-likeness (QED) is 0.673. The van der Waals surface area contributed by atoms with E-state index in [-0.39, 0.29) is 0 Å². The highest BCUT2D eigenvalue weighted by Gasteiger charge is 2.25. The molecule has 2 aromatic rings. The van der Waals surface area contributed by atoms with Crippen LogP contribution in [0.25, 0.3) is 0 Å². The third-order valence-corrected chi connectivity index (χ3v) is 6.35. The van der Waals surface area contributed by atoms with E-state index >= 15 is 0 Å². The molecule has 2 aliphatic heterocycles. The maximum absolute atomic E-state index is 5.91. The van der Waals surface area contributed by atoms with Gasteiger partial charge in [-0.05, 0) is 68.8 Å². The maximum Gasteiger partial charge on any atom is 0.0947 e. The van der Waals surface area contributed by atoms with Gasteiger partial charge in [0.05, 0.1) is 18.6 Å². The molecule has 2 fully saturated rings. The van der Waals surface area contributed by atoms with Crippen LogP contribution in [0.2, 0.25) is 0 Å². The molecular weight excluding hydrogens is 348 g/mol. The summed E-state index contributed by atoms with van der Waals surface area (Å²) in [7, 11) is 0. The van der Waals surface area contributed by atoms with Crippen LogP contribution in [-0.4, -0.2) is 48.7 Å². The molecule has 0 saturated carbocycles. The van der Waals surface area contributed by atoms with Gasteiger partial charge in [0.25, 0.3) is 0 Å². The van der Waals surface area contributed by atoms with E-state index in [1.165, 1.54) is 62.0 Å². The number of piperidine rings is 1. The predicted molar refractivity (Wildman–Crippen MR) is 112 cm³/mol. The van der Waals surface area contributed by atoms with Gasteiger partial charge >= 0.3 is 0 Å². The second-order valence-electron chi connectivity index (χ2n) is 8.61. The molecule has 2 saturated heterocycles. The molecule has 4 heteroatoms. The van der Waals surface area contributed by atoms with E-state index in [0.29, 0.717) is 6.10 Å². The number of hydrogen-bond acceptors (Lipinski definition) is 4. The van der Waals surface area contributed by atoms with E-state index in [0.717, 1.165) is 32.2 Å². The maximum atomic E-state index is 5.91. The van der Waals surface area contributed by atoms with E-state index < -0.39 is 0 Å². The number of furan rings is 1. The summed E-state index contributed by atoms with van der Waals surface area (Å²) >= 11 is 0. The molecule has 0 N–H and O–H groups in total. The van der Waals surface area contributed by atoms with Crippen LogP contribution in [0.3, 0.4) is 0 Å². The lowest BCUT2D eigenvalue weighted by Crippen LogP contribution is -2.40. The van der Waals surface area contributed by atoms with Gasteiger partial charge in [-0.2, -0.15) is 0 Å². The minimum absolute atomic E-state index is 0.410. The average molecular weight is 383 g/mol. The van der Waals surface area contributed by atoms with Crippen molar-refractivity contribution in [2.45, 2.75) is 51.8 Å². The van der Waals surface area contributed by atoms with Crippen LogP contribution in [0.4, 0.5) is 0 Å². The summed E-state index contributed by atoms with van der Waals surface area (Å²) in [5, 5.41) is 0. The summed E-state index contributed by atoms with van der Waals surface area (Å²) < 4.78 is 11.2. The fourth-order valence-electron chi connectivity index (χ4n) is 4.64. The second-order valence-corrected chi connectivity index (χ2v) is 8.61. The molecule has 1 aromatic carbocycles. The van der Waals surface area contributed by atoms with Crippen LogP contribution >= 0.6 is 0 Å². The molecule has 0 aliphatic carbocycles. The highest BCUT2D eigenvalue weighted by Crippen LogP contribution is 2.23. The Morgan fingerprint density at radius 2 is 1.93 bits per heavy atom. The number of rotatable bonds is 8. The van der Waals surface area contributed by atoms with Crippen molar-refractivity contribution >= 4 is 0 Å². The van der Waals surface area contributed by atoms with E-state index in [9.17, 15) is 0 Å². The van der Waals surface area contributed by atoms with Crippen molar-refractivity contribution in [3.05, 3.63) is 59.5 Å². The lowest BCUT2D eigenvalue weighted by molar-refractivity contribution is 0.0569. The Balaban J connectivity index is 1.28. The van der Waals surface area contributed by atoms with Crippen LogP contribution in [0, 0.1) is 12.8 Å². The van der Waals surface area contributed by atoms with Crippen LogP contribution in [0.1, 0.15) is 42.4 Å². The predicted octanol–water partition coefficient (Wildman–Crippen LogP) is 4.48. The van der Waals surface area contributed by atoms with Gasteiger partial charge in [-0.3, -0.25) is 9.80 Å². The van der Waals surface area contributed by atoms with E-state index in [1.807, 2.05) is 6.26 Å². The molecule has 0 spiro atoms. The van der Waals surface area contributed by atoms with Crippen LogP contribution in [0.15, 0.2) is 47.3 Å². The van der Waals surface area contributed by atoms with Gasteiger partial charge < -0.3 is 9.15 Å². The number of nitrogens with zero attached hydrogens (tertiary/aromatic N) is 2. The Labute approximate surface area is 169 Å². The van der Waals surface area contributed by atoms with Crippen molar-refractivity contribution in [2.75, 3.05) is 32.8 Å². The van der Waals surface area contributed by atoms with E-state index in [2.05, 4.69) is 47.1 Å². The third-order valence-electron chi connectivity index (χ3n) is 6.35. The summed E-state index contributed by atoms with van der Waals surface area (Å²) in [4.78, 5) is 5.22. The lowest BCUT2D eigenvalue weighted by atomic mass is 9.95.